The third-order valence-electron chi connectivity index (χ3n) is 3.32. The van der Waals surface area contributed by atoms with Crippen molar-refractivity contribution >= 4 is 11.9 Å². The number of β-lactam (4-membered cyclic amide) rings is 1. The van der Waals surface area contributed by atoms with Crippen LogP contribution in [-0.2, 0) is 14.3 Å². The van der Waals surface area contributed by atoms with Gasteiger partial charge in [0.1, 0.15) is 5.76 Å². The maximum Gasteiger partial charge on any atom is 0.337 e. The summed E-state index contributed by atoms with van der Waals surface area (Å²) < 4.78 is 5.47. The van der Waals surface area contributed by atoms with Crippen LogP contribution in [0.2, 0.25) is 0 Å². The Morgan fingerprint density at radius 2 is 2.33 bits per heavy atom. The number of amides is 1. The molecule has 0 aliphatic carbocycles. The van der Waals surface area contributed by atoms with Gasteiger partial charge in [0.05, 0.1) is 13.0 Å². The van der Waals surface area contributed by atoms with Crippen molar-refractivity contribution in [2.75, 3.05) is 6.61 Å². The molecule has 100 valence electrons. The number of aliphatic hydroxyl groups is 1. The van der Waals surface area contributed by atoms with Crippen LogP contribution in [0.5, 0.6) is 0 Å². The minimum atomic E-state index is -1.45. The predicted molar refractivity (Wildman–Crippen MR) is 61.3 cm³/mol. The molecule has 1 amide bonds. The van der Waals surface area contributed by atoms with Gasteiger partial charge in [-0.05, 0) is 18.4 Å². The van der Waals surface area contributed by atoms with Gasteiger partial charge >= 0.3 is 5.97 Å². The van der Waals surface area contributed by atoms with E-state index in [2.05, 4.69) is 0 Å². The number of nitrogens with zero attached hydrogens (tertiary/aromatic N) is 1. The predicted octanol–water partition coefficient (Wildman–Crippen LogP) is 0.321. The molecule has 18 heavy (non-hydrogen) atoms. The van der Waals surface area contributed by atoms with E-state index < -0.39 is 17.7 Å². The van der Waals surface area contributed by atoms with Crippen molar-refractivity contribution in [3.8, 4) is 0 Å². The average molecular weight is 255 g/mol. The number of aliphatic carboxylic acids is 1. The van der Waals surface area contributed by atoms with Gasteiger partial charge in [0, 0.05) is 0 Å². The first kappa shape index (κ1) is 12.9. The number of carbonyl (C=O) groups is 2. The summed E-state index contributed by atoms with van der Waals surface area (Å²) in [6.07, 6.45) is 1.32. The Kier molecular flexibility index (Phi) is 3.06. The monoisotopic (exact) mass is 255 g/mol. The van der Waals surface area contributed by atoms with Gasteiger partial charge in [0.2, 0.25) is 11.4 Å². The van der Waals surface area contributed by atoms with E-state index in [1.165, 1.54) is 11.0 Å². The molecule has 2 rings (SSSR count). The molecule has 6 heteroatoms. The van der Waals surface area contributed by atoms with Crippen LogP contribution in [0.4, 0.5) is 0 Å². The first-order chi connectivity index (χ1) is 8.43. The highest BCUT2D eigenvalue weighted by atomic mass is 16.5. The molecule has 0 spiro atoms. The highest BCUT2D eigenvalue weighted by Gasteiger charge is 2.64. The molecule has 0 radical (unpaired) electrons. The first-order valence-corrected chi connectivity index (χ1v) is 5.97. The van der Waals surface area contributed by atoms with E-state index in [0.717, 1.165) is 0 Å². The fourth-order valence-electron chi connectivity index (χ4n) is 2.69. The number of hydrogen-bond acceptors (Lipinski definition) is 4. The zero-order valence-corrected chi connectivity index (χ0v) is 10.4. The number of rotatable bonds is 4. The summed E-state index contributed by atoms with van der Waals surface area (Å²) in [6.45, 7) is 3.47. The number of carboxylic acids is 1. The minimum Gasteiger partial charge on any atom is -0.479 e. The van der Waals surface area contributed by atoms with E-state index in [-0.39, 0.29) is 37.0 Å². The zero-order chi connectivity index (χ0) is 13.5. The van der Waals surface area contributed by atoms with Crippen molar-refractivity contribution in [1.82, 2.24) is 4.90 Å². The fraction of sp³-hybridized carbons (Fsp3) is 0.667. The molecule has 2 saturated heterocycles. The summed E-state index contributed by atoms with van der Waals surface area (Å²) in [6, 6.07) is 0. The van der Waals surface area contributed by atoms with Crippen LogP contribution in [0, 0.1) is 5.92 Å². The Hall–Kier alpha value is -1.56. The molecule has 0 saturated carbocycles. The molecule has 0 aromatic rings. The van der Waals surface area contributed by atoms with Crippen molar-refractivity contribution in [1.29, 1.82) is 0 Å². The van der Waals surface area contributed by atoms with E-state index in [1.807, 2.05) is 13.8 Å². The second-order valence-electron chi connectivity index (χ2n) is 5.05. The van der Waals surface area contributed by atoms with Crippen molar-refractivity contribution in [2.45, 2.75) is 38.5 Å². The van der Waals surface area contributed by atoms with Gasteiger partial charge in [-0.15, -0.1) is 0 Å². The smallest absolute Gasteiger partial charge is 0.337 e. The van der Waals surface area contributed by atoms with Crippen molar-refractivity contribution in [2.24, 2.45) is 5.92 Å². The molecule has 2 heterocycles. The molecular weight excluding hydrogens is 238 g/mol. The summed E-state index contributed by atoms with van der Waals surface area (Å²) in [4.78, 5) is 24.6. The van der Waals surface area contributed by atoms with Gasteiger partial charge in [-0.3, -0.25) is 9.69 Å². The molecule has 0 aromatic heterocycles. The summed E-state index contributed by atoms with van der Waals surface area (Å²) in [7, 11) is 0. The van der Waals surface area contributed by atoms with Crippen LogP contribution >= 0.6 is 0 Å². The molecule has 2 atom stereocenters. The van der Waals surface area contributed by atoms with Crippen LogP contribution < -0.4 is 0 Å². The van der Waals surface area contributed by atoms with Crippen LogP contribution in [0.25, 0.3) is 0 Å². The van der Waals surface area contributed by atoms with Gasteiger partial charge in [0.15, 0.2) is 6.23 Å². The molecule has 6 nitrogen and oxygen atoms in total. The van der Waals surface area contributed by atoms with Crippen LogP contribution in [0.15, 0.2) is 11.8 Å². The molecule has 0 unspecified atom stereocenters. The lowest BCUT2D eigenvalue weighted by atomic mass is 9.84. The normalized spacial score (nSPS) is 32.4. The van der Waals surface area contributed by atoms with Gasteiger partial charge in [-0.1, -0.05) is 13.8 Å². The fourth-order valence-corrected chi connectivity index (χ4v) is 2.69. The quantitative estimate of drug-likeness (QED) is 0.706. The third-order valence-corrected chi connectivity index (χ3v) is 3.32. The number of carboxylic acid groups (broad SMARTS) is 1. The summed E-state index contributed by atoms with van der Waals surface area (Å²) in [5.41, 5.74) is -1.45. The molecule has 0 aromatic carbocycles. The van der Waals surface area contributed by atoms with E-state index in [4.69, 9.17) is 9.84 Å². The van der Waals surface area contributed by atoms with Crippen molar-refractivity contribution in [3.63, 3.8) is 0 Å². The maximum absolute atomic E-state index is 11.7. The number of fused-ring (bicyclic) bond motifs is 1. The second-order valence-corrected chi connectivity index (χ2v) is 5.05. The highest BCUT2D eigenvalue weighted by Crippen LogP contribution is 2.47. The summed E-state index contributed by atoms with van der Waals surface area (Å²) >= 11 is 0. The van der Waals surface area contributed by atoms with Crippen LogP contribution in [0.3, 0.4) is 0 Å². The Balaban J connectivity index is 2.46. The second kappa shape index (κ2) is 4.28. The molecule has 2 fully saturated rings. The lowest BCUT2D eigenvalue weighted by Crippen LogP contribution is -2.63. The third kappa shape index (κ3) is 1.59. The Morgan fingerprint density at radius 1 is 1.67 bits per heavy atom. The van der Waals surface area contributed by atoms with E-state index >= 15 is 0 Å². The molecule has 2 aliphatic rings. The van der Waals surface area contributed by atoms with Gasteiger partial charge < -0.3 is 14.9 Å². The van der Waals surface area contributed by atoms with E-state index in [9.17, 15) is 14.7 Å². The van der Waals surface area contributed by atoms with E-state index in [1.54, 1.807) is 0 Å². The minimum absolute atomic E-state index is 0.0824. The molecule has 2 aliphatic heterocycles. The van der Waals surface area contributed by atoms with Crippen molar-refractivity contribution < 1.29 is 24.5 Å². The summed E-state index contributed by atoms with van der Waals surface area (Å²) in [5.74, 6) is -1.06. The van der Waals surface area contributed by atoms with Gasteiger partial charge in [-0.2, -0.15) is 0 Å². The zero-order valence-electron chi connectivity index (χ0n) is 10.4. The topological polar surface area (TPSA) is 87.1 Å². The van der Waals surface area contributed by atoms with Crippen LogP contribution in [0.1, 0.15) is 26.7 Å². The highest BCUT2D eigenvalue weighted by molar-refractivity contribution is 5.94. The molecule has 2 N–H and O–H groups in total. The Morgan fingerprint density at radius 3 is 2.78 bits per heavy atom. The van der Waals surface area contributed by atoms with Gasteiger partial charge in [0.25, 0.3) is 0 Å². The summed E-state index contributed by atoms with van der Waals surface area (Å²) in [5, 5.41) is 18.5. The van der Waals surface area contributed by atoms with Crippen LogP contribution in [-0.4, -0.2) is 45.4 Å². The van der Waals surface area contributed by atoms with E-state index in [0.29, 0.717) is 0 Å². The number of ether oxygens (including phenoxy) is 1. The Bertz CT molecular complexity index is 417. The standard InChI is InChI=1S/C12H17NO5/c1-7(2)6-12(11(16)17)8(3-4-14)18-10-5-9(15)13(10)12/h3,7,10,14H,4-6H2,1-2H3,(H,16,17)/b8-3-/t10-,12-/m1/s1. The number of aliphatic hydroxyl groups excluding tert-OH is 1. The SMILES string of the molecule is CC(C)C[C@]1(C(=O)O)/C(=C/CO)O[C@@H]2CC(=O)N21. The number of carbonyl (C=O) groups excluding carboxylic acids is 1. The first-order valence-electron chi connectivity index (χ1n) is 5.97. The average Bonchev–Trinajstić information content (AvgIpc) is 2.48. The van der Waals surface area contributed by atoms with Crippen molar-refractivity contribution in [3.05, 3.63) is 11.8 Å². The lowest BCUT2D eigenvalue weighted by molar-refractivity contribution is -0.171. The Labute approximate surface area is 105 Å². The number of hydrogen-bond donors (Lipinski definition) is 2. The molecular formula is C12H17NO5. The van der Waals surface area contributed by atoms with Gasteiger partial charge in [-0.25, -0.2) is 4.79 Å². The molecule has 0 bridgehead atoms. The maximum atomic E-state index is 11.7. The largest absolute Gasteiger partial charge is 0.479 e. The lowest BCUT2D eigenvalue weighted by Gasteiger charge is -2.41.